The van der Waals surface area contributed by atoms with Gasteiger partial charge in [0.2, 0.25) is 0 Å². The third-order valence-corrected chi connectivity index (χ3v) is 4.74. The molecule has 1 aromatic carbocycles. The molecule has 2 atom stereocenters. The second kappa shape index (κ2) is 6.52. The highest BCUT2D eigenvalue weighted by molar-refractivity contribution is 6.14. The topological polar surface area (TPSA) is 69.7 Å². The number of aryl methyl sites for hydroxylation is 1. The third-order valence-electron chi connectivity index (χ3n) is 4.74. The Bertz CT molecular complexity index is 649. The highest BCUT2D eigenvalue weighted by Gasteiger charge is 2.53. The van der Waals surface area contributed by atoms with Crippen LogP contribution in [-0.2, 0) is 20.7 Å². The van der Waals surface area contributed by atoms with Gasteiger partial charge < -0.3 is 14.3 Å². The van der Waals surface area contributed by atoms with E-state index in [-0.39, 0.29) is 18.0 Å². The number of fused-ring (bicyclic) bond motifs is 1. The number of rotatable bonds is 5. The number of ether oxygens (including phenoxy) is 2. The summed E-state index contributed by atoms with van der Waals surface area (Å²) in [6.07, 6.45) is 1.08. The number of carbonyl (C=O) groups is 3. The highest BCUT2D eigenvalue weighted by atomic mass is 16.5. The van der Waals surface area contributed by atoms with Gasteiger partial charge in [-0.25, -0.2) is 0 Å². The van der Waals surface area contributed by atoms with Crippen molar-refractivity contribution in [2.24, 2.45) is 11.3 Å². The van der Waals surface area contributed by atoms with Crippen molar-refractivity contribution in [2.75, 3.05) is 14.2 Å². The van der Waals surface area contributed by atoms with Crippen LogP contribution in [0.15, 0.2) is 18.2 Å². The van der Waals surface area contributed by atoms with Gasteiger partial charge in [0.05, 0.1) is 14.2 Å². The van der Waals surface area contributed by atoms with Gasteiger partial charge in [-0.15, -0.1) is 0 Å². The summed E-state index contributed by atoms with van der Waals surface area (Å²) < 4.78 is 10.1. The Morgan fingerprint density at radius 2 is 2.00 bits per heavy atom. The molecule has 23 heavy (non-hydrogen) atoms. The van der Waals surface area contributed by atoms with Crippen LogP contribution in [-0.4, -0.2) is 31.8 Å². The predicted molar refractivity (Wildman–Crippen MR) is 84.6 cm³/mol. The fraction of sp³-hybridized carbons (Fsp3) is 0.500. The zero-order chi connectivity index (χ0) is 17.2. The summed E-state index contributed by atoms with van der Waals surface area (Å²) in [5.74, 6) is -0.595. The first-order valence-corrected chi connectivity index (χ1v) is 7.66. The zero-order valence-electron chi connectivity index (χ0n) is 14.0. The van der Waals surface area contributed by atoms with Crippen LogP contribution < -0.4 is 4.74 Å². The Hall–Kier alpha value is -2.17. The van der Waals surface area contributed by atoms with Gasteiger partial charge in [0.25, 0.3) is 0 Å². The van der Waals surface area contributed by atoms with Crippen molar-refractivity contribution in [2.45, 2.75) is 33.1 Å². The maximum atomic E-state index is 13.1. The monoisotopic (exact) mass is 318 g/mol. The van der Waals surface area contributed by atoms with Gasteiger partial charge in [-0.2, -0.15) is 0 Å². The molecule has 2 rings (SSSR count). The molecule has 1 aliphatic rings. The number of hydrogen-bond donors (Lipinski definition) is 0. The van der Waals surface area contributed by atoms with Crippen LogP contribution in [0.3, 0.4) is 0 Å². The summed E-state index contributed by atoms with van der Waals surface area (Å²) >= 11 is 0. The zero-order valence-corrected chi connectivity index (χ0v) is 14.0. The van der Waals surface area contributed by atoms with Crippen LogP contribution in [0, 0.1) is 11.3 Å². The van der Waals surface area contributed by atoms with E-state index in [2.05, 4.69) is 0 Å². The molecule has 0 heterocycles. The normalized spacial score (nSPS) is 21.3. The molecule has 5 nitrogen and oxygen atoms in total. The summed E-state index contributed by atoms with van der Waals surface area (Å²) in [6, 6.07) is 5.22. The van der Waals surface area contributed by atoms with Crippen LogP contribution in [0.1, 0.15) is 42.6 Å². The molecule has 124 valence electrons. The van der Waals surface area contributed by atoms with Gasteiger partial charge in [-0.1, -0.05) is 6.92 Å². The second-order valence-corrected chi connectivity index (χ2v) is 6.12. The fourth-order valence-corrected chi connectivity index (χ4v) is 3.46. The van der Waals surface area contributed by atoms with Crippen molar-refractivity contribution in [1.29, 1.82) is 0 Å². The predicted octanol–water partition coefficient (Wildman–Crippen LogP) is 2.60. The van der Waals surface area contributed by atoms with Crippen molar-refractivity contribution in [3.05, 3.63) is 29.3 Å². The Morgan fingerprint density at radius 3 is 2.57 bits per heavy atom. The first-order chi connectivity index (χ1) is 10.9. The van der Waals surface area contributed by atoms with Gasteiger partial charge in [-0.3, -0.25) is 9.59 Å². The van der Waals surface area contributed by atoms with E-state index >= 15 is 0 Å². The minimum absolute atomic E-state index is 0.0471. The van der Waals surface area contributed by atoms with Crippen LogP contribution >= 0.6 is 0 Å². The Kier molecular flexibility index (Phi) is 4.88. The smallest absolute Gasteiger partial charge is 0.320 e. The molecule has 0 aromatic heterocycles. The quantitative estimate of drug-likeness (QED) is 0.616. The van der Waals surface area contributed by atoms with E-state index < -0.39 is 17.3 Å². The summed E-state index contributed by atoms with van der Waals surface area (Å²) in [5, 5.41) is 0. The lowest BCUT2D eigenvalue weighted by atomic mass is 9.62. The highest BCUT2D eigenvalue weighted by Crippen LogP contribution is 2.44. The lowest BCUT2D eigenvalue weighted by Gasteiger charge is -2.38. The molecular formula is C18H22O5. The van der Waals surface area contributed by atoms with E-state index in [4.69, 9.17) is 9.47 Å². The number of carbonyl (C=O) groups excluding carboxylic acids is 3. The van der Waals surface area contributed by atoms with Crippen LogP contribution in [0.25, 0.3) is 0 Å². The van der Waals surface area contributed by atoms with Crippen LogP contribution in [0.4, 0.5) is 0 Å². The van der Waals surface area contributed by atoms with E-state index in [0.717, 1.165) is 5.56 Å². The first-order valence-electron chi connectivity index (χ1n) is 7.66. The Labute approximate surface area is 136 Å². The van der Waals surface area contributed by atoms with Gasteiger partial charge in [0.15, 0.2) is 5.78 Å². The molecule has 0 amide bonds. The second-order valence-electron chi connectivity index (χ2n) is 6.12. The van der Waals surface area contributed by atoms with Gasteiger partial charge >= 0.3 is 5.97 Å². The molecular weight excluding hydrogens is 296 g/mol. The number of ketones is 2. The summed E-state index contributed by atoms with van der Waals surface area (Å²) in [4.78, 5) is 37.1. The summed E-state index contributed by atoms with van der Waals surface area (Å²) in [7, 11) is 2.85. The molecule has 0 bridgehead atoms. The van der Waals surface area contributed by atoms with E-state index in [0.29, 0.717) is 24.2 Å². The minimum Gasteiger partial charge on any atom is -0.497 e. The lowest BCUT2D eigenvalue weighted by Crippen LogP contribution is -2.48. The molecule has 0 radical (unpaired) electrons. The molecule has 0 fully saturated rings. The SMILES string of the molecule is COC(=O)[C@]1([C@@H](C)CC(C)=O)CCc2cc(OC)ccc2C1=O. The van der Waals surface area contributed by atoms with Gasteiger partial charge in [-0.05, 0) is 49.4 Å². The summed E-state index contributed by atoms with van der Waals surface area (Å²) in [6.45, 7) is 3.23. The largest absolute Gasteiger partial charge is 0.497 e. The van der Waals surface area contributed by atoms with E-state index in [9.17, 15) is 14.4 Å². The number of methoxy groups -OCH3 is 2. The maximum absolute atomic E-state index is 13.1. The van der Waals surface area contributed by atoms with Crippen molar-refractivity contribution in [3.8, 4) is 5.75 Å². The Balaban J connectivity index is 2.50. The molecule has 0 N–H and O–H groups in total. The van der Waals surface area contributed by atoms with Crippen LogP contribution in [0.2, 0.25) is 0 Å². The van der Waals surface area contributed by atoms with Crippen molar-refractivity contribution < 1.29 is 23.9 Å². The van der Waals surface area contributed by atoms with E-state index in [1.165, 1.54) is 14.0 Å². The fourth-order valence-electron chi connectivity index (χ4n) is 3.46. The van der Waals surface area contributed by atoms with E-state index in [1.54, 1.807) is 26.2 Å². The standard InChI is InChI=1S/C18H22O5/c1-11(9-12(2)19)18(17(21)23-4)8-7-13-10-14(22-3)5-6-15(13)16(18)20/h5-6,10-11H,7-9H2,1-4H3/t11-,18-/m0/s1. The molecule has 0 spiro atoms. The number of benzene rings is 1. The lowest BCUT2D eigenvalue weighted by molar-refractivity contribution is -0.153. The van der Waals surface area contributed by atoms with Crippen molar-refractivity contribution in [3.63, 3.8) is 0 Å². The maximum Gasteiger partial charge on any atom is 0.320 e. The number of Topliss-reactive ketones (excluding diaryl/α,β-unsaturated/α-hetero) is 2. The molecule has 1 aromatic rings. The number of esters is 1. The molecule has 0 saturated heterocycles. The molecule has 5 heteroatoms. The molecule has 0 unspecified atom stereocenters. The van der Waals surface area contributed by atoms with Crippen molar-refractivity contribution in [1.82, 2.24) is 0 Å². The molecule has 0 saturated carbocycles. The minimum atomic E-state index is -1.29. The summed E-state index contributed by atoms with van der Waals surface area (Å²) in [5.41, 5.74) is 0.0870. The van der Waals surface area contributed by atoms with Crippen LogP contribution in [0.5, 0.6) is 5.75 Å². The average Bonchev–Trinajstić information content (AvgIpc) is 2.53. The van der Waals surface area contributed by atoms with Gasteiger partial charge in [0, 0.05) is 12.0 Å². The first kappa shape index (κ1) is 17.2. The molecule has 0 aliphatic heterocycles. The van der Waals surface area contributed by atoms with E-state index in [1.807, 2.05) is 6.07 Å². The third kappa shape index (κ3) is 2.87. The van der Waals surface area contributed by atoms with Crippen molar-refractivity contribution >= 4 is 17.5 Å². The van der Waals surface area contributed by atoms with Gasteiger partial charge in [0.1, 0.15) is 16.9 Å². The Morgan fingerprint density at radius 1 is 1.30 bits per heavy atom. The number of hydrogen-bond acceptors (Lipinski definition) is 5. The average molecular weight is 318 g/mol. The molecule has 1 aliphatic carbocycles.